The molecule has 0 radical (unpaired) electrons. The quantitative estimate of drug-likeness (QED) is 0.173. The van der Waals surface area contributed by atoms with Gasteiger partial charge in [0.2, 0.25) is 0 Å². The predicted molar refractivity (Wildman–Crippen MR) is 227 cm³/mol. The van der Waals surface area contributed by atoms with Crippen LogP contribution in [-0.2, 0) is 0 Å². The van der Waals surface area contributed by atoms with Gasteiger partial charge in [-0.05, 0) is 77.3 Å². The number of nitrogens with zero attached hydrogens (tertiary/aromatic N) is 2. The van der Waals surface area contributed by atoms with E-state index in [-0.39, 0.29) is 6.17 Å². The third-order valence-corrected chi connectivity index (χ3v) is 10.5. The summed E-state index contributed by atoms with van der Waals surface area (Å²) < 4.78 is 0. The number of nitrogens with one attached hydrogen (secondary N) is 1. The van der Waals surface area contributed by atoms with Gasteiger partial charge in [0.15, 0.2) is 5.84 Å². The second-order valence-corrected chi connectivity index (χ2v) is 13.8. The molecule has 254 valence electrons. The summed E-state index contributed by atoms with van der Waals surface area (Å²) >= 11 is 0. The first-order valence-corrected chi connectivity index (χ1v) is 18.4. The molecule has 10 rings (SSSR count). The molecule has 3 heteroatoms. The van der Waals surface area contributed by atoms with E-state index in [1.54, 1.807) is 0 Å². The molecule has 54 heavy (non-hydrogen) atoms. The average Bonchev–Trinajstić information content (AvgIpc) is 3.26. The summed E-state index contributed by atoms with van der Waals surface area (Å²) in [6, 6.07) is 71.3. The molecule has 0 saturated heterocycles. The van der Waals surface area contributed by atoms with Crippen LogP contribution in [-0.4, -0.2) is 11.7 Å². The molecule has 1 aliphatic rings. The van der Waals surface area contributed by atoms with E-state index in [1.165, 1.54) is 60.1 Å². The minimum Gasteiger partial charge on any atom is -0.344 e. The van der Waals surface area contributed by atoms with Crippen molar-refractivity contribution in [1.82, 2.24) is 5.32 Å². The number of fused-ring (bicyclic) bond motifs is 4. The fourth-order valence-electron chi connectivity index (χ4n) is 7.85. The smallest absolute Gasteiger partial charge is 0.159 e. The highest BCUT2D eigenvalue weighted by atomic mass is 15.2. The molecular weight excluding hydrogens is 655 g/mol. The first-order valence-electron chi connectivity index (χ1n) is 18.4. The van der Waals surface area contributed by atoms with Gasteiger partial charge >= 0.3 is 0 Å². The SMILES string of the molecule is c1ccc(-c2ccc(C3=NC(c4ccc(-c5c(-c6cc7ccccc7c7ccccc67)ccc6ccccc56)cc4)=NC(c4ccccc4)N3)cc2)cc1. The van der Waals surface area contributed by atoms with Crippen LogP contribution < -0.4 is 5.32 Å². The molecule has 1 atom stereocenters. The van der Waals surface area contributed by atoms with E-state index in [9.17, 15) is 0 Å². The minimum absolute atomic E-state index is 0.270. The zero-order chi connectivity index (χ0) is 35.8. The molecule has 1 unspecified atom stereocenters. The lowest BCUT2D eigenvalue weighted by Gasteiger charge is -2.24. The van der Waals surface area contributed by atoms with E-state index < -0.39 is 0 Å². The van der Waals surface area contributed by atoms with Crippen LogP contribution >= 0.6 is 0 Å². The lowest BCUT2D eigenvalue weighted by atomic mass is 9.86. The van der Waals surface area contributed by atoms with Crippen LogP contribution in [0.15, 0.2) is 210 Å². The lowest BCUT2D eigenvalue weighted by molar-refractivity contribution is 0.674. The van der Waals surface area contributed by atoms with Crippen molar-refractivity contribution in [2.24, 2.45) is 9.98 Å². The summed E-state index contributed by atoms with van der Waals surface area (Å²) in [5.74, 6) is 1.51. The van der Waals surface area contributed by atoms with Crippen LogP contribution in [0.5, 0.6) is 0 Å². The Balaban J connectivity index is 1.09. The summed E-state index contributed by atoms with van der Waals surface area (Å²) in [6.07, 6.45) is -0.270. The summed E-state index contributed by atoms with van der Waals surface area (Å²) in [4.78, 5) is 10.3. The van der Waals surface area contributed by atoms with Crippen molar-refractivity contribution < 1.29 is 0 Å². The van der Waals surface area contributed by atoms with Crippen LogP contribution in [0.3, 0.4) is 0 Å². The van der Waals surface area contributed by atoms with Gasteiger partial charge in [-0.25, -0.2) is 9.98 Å². The van der Waals surface area contributed by atoms with Crippen molar-refractivity contribution >= 4 is 44.0 Å². The summed E-state index contributed by atoms with van der Waals surface area (Å²) in [5.41, 5.74) is 10.2. The van der Waals surface area contributed by atoms with Gasteiger partial charge in [-0.3, -0.25) is 0 Å². The van der Waals surface area contributed by atoms with Crippen LogP contribution in [0.1, 0.15) is 22.9 Å². The van der Waals surface area contributed by atoms with E-state index in [0.29, 0.717) is 5.84 Å². The molecule has 0 aromatic heterocycles. The first kappa shape index (κ1) is 31.6. The Morgan fingerprint density at radius 2 is 0.926 bits per heavy atom. The van der Waals surface area contributed by atoms with Crippen LogP contribution in [0.2, 0.25) is 0 Å². The Hall–Kier alpha value is -7.10. The third kappa shape index (κ3) is 5.73. The Morgan fingerprint density at radius 3 is 1.69 bits per heavy atom. The molecule has 0 amide bonds. The van der Waals surface area contributed by atoms with E-state index in [1.807, 2.05) is 12.1 Å². The largest absolute Gasteiger partial charge is 0.344 e. The molecule has 0 saturated carbocycles. The van der Waals surface area contributed by atoms with Crippen LogP contribution in [0, 0.1) is 0 Å². The van der Waals surface area contributed by atoms with Gasteiger partial charge in [-0.1, -0.05) is 194 Å². The van der Waals surface area contributed by atoms with Gasteiger partial charge in [-0.2, -0.15) is 0 Å². The molecule has 1 aliphatic heterocycles. The normalized spacial score (nSPS) is 14.1. The number of rotatable bonds is 6. The highest BCUT2D eigenvalue weighted by Gasteiger charge is 2.22. The van der Waals surface area contributed by atoms with Crippen LogP contribution in [0.25, 0.3) is 65.7 Å². The molecular formula is C51H35N3. The van der Waals surface area contributed by atoms with Gasteiger partial charge in [0.25, 0.3) is 0 Å². The zero-order valence-electron chi connectivity index (χ0n) is 29.5. The molecule has 9 aromatic rings. The Bertz CT molecular complexity index is 2870. The maximum absolute atomic E-state index is 5.16. The zero-order valence-corrected chi connectivity index (χ0v) is 29.5. The van der Waals surface area contributed by atoms with E-state index in [0.717, 1.165) is 28.1 Å². The summed E-state index contributed by atoms with van der Waals surface area (Å²) in [6.45, 7) is 0. The molecule has 1 heterocycles. The molecule has 0 fully saturated rings. The van der Waals surface area contributed by atoms with Crippen molar-refractivity contribution in [3.05, 3.63) is 217 Å². The topological polar surface area (TPSA) is 36.8 Å². The fourth-order valence-corrected chi connectivity index (χ4v) is 7.85. The number of amidine groups is 2. The van der Waals surface area contributed by atoms with Crippen molar-refractivity contribution in [3.8, 4) is 33.4 Å². The first-order chi connectivity index (χ1) is 26.8. The van der Waals surface area contributed by atoms with Gasteiger partial charge < -0.3 is 5.32 Å². The Labute approximate surface area is 314 Å². The monoisotopic (exact) mass is 689 g/mol. The van der Waals surface area contributed by atoms with Gasteiger partial charge in [0, 0.05) is 11.1 Å². The molecule has 0 bridgehead atoms. The highest BCUT2D eigenvalue weighted by molar-refractivity contribution is 6.17. The fraction of sp³-hybridized carbons (Fsp3) is 0.0196. The number of hydrogen-bond donors (Lipinski definition) is 1. The average molecular weight is 690 g/mol. The number of aliphatic imine (C=N–C) groups is 2. The van der Waals surface area contributed by atoms with Crippen molar-refractivity contribution in [3.63, 3.8) is 0 Å². The second kappa shape index (κ2) is 13.5. The lowest BCUT2D eigenvalue weighted by Crippen LogP contribution is -2.33. The Morgan fingerprint density at radius 1 is 0.370 bits per heavy atom. The Kier molecular flexibility index (Phi) is 7.88. The maximum atomic E-state index is 5.16. The molecule has 3 nitrogen and oxygen atoms in total. The van der Waals surface area contributed by atoms with E-state index in [4.69, 9.17) is 9.98 Å². The number of benzene rings is 9. The van der Waals surface area contributed by atoms with Crippen molar-refractivity contribution in [1.29, 1.82) is 0 Å². The van der Waals surface area contributed by atoms with Crippen molar-refractivity contribution in [2.45, 2.75) is 6.17 Å². The molecule has 0 spiro atoms. The third-order valence-electron chi connectivity index (χ3n) is 10.5. The molecule has 1 N–H and O–H groups in total. The standard InChI is InChI=1S/C51H35N3/c1-3-13-34(14-4-1)35-23-27-39(28-24-35)50-52-49(38-16-5-2-6-17-38)53-51(54-50)40-29-25-37(26-30-40)48-43-20-10-7-15-36(43)31-32-46(48)47-33-41-18-8-9-19-42(41)44-21-11-12-22-45(44)47/h1-33,49H,(H,52,53,54). The van der Waals surface area contributed by atoms with Crippen LogP contribution in [0.4, 0.5) is 0 Å². The predicted octanol–water partition coefficient (Wildman–Crippen LogP) is 12.6. The van der Waals surface area contributed by atoms with E-state index >= 15 is 0 Å². The van der Waals surface area contributed by atoms with E-state index in [2.05, 4.69) is 193 Å². The molecule has 9 aromatic carbocycles. The number of hydrogen-bond acceptors (Lipinski definition) is 3. The summed E-state index contributed by atoms with van der Waals surface area (Å²) in [7, 11) is 0. The van der Waals surface area contributed by atoms with Gasteiger partial charge in [0.05, 0.1) is 0 Å². The minimum atomic E-state index is -0.270. The molecule has 0 aliphatic carbocycles. The van der Waals surface area contributed by atoms with Gasteiger partial charge in [-0.15, -0.1) is 0 Å². The second-order valence-electron chi connectivity index (χ2n) is 13.8. The van der Waals surface area contributed by atoms with Crippen molar-refractivity contribution in [2.75, 3.05) is 0 Å². The maximum Gasteiger partial charge on any atom is 0.159 e. The van der Waals surface area contributed by atoms with Gasteiger partial charge in [0.1, 0.15) is 12.0 Å². The summed E-state index contributed by atoms with van der Waals surface area (Å²) in [5, 5.41) is 11.1. The highest BCUT2D eigenvalue weighted by Crippen LogP contribution is 2.43.